The standard InChI is InChI=1S/C18H20N2O3/c1-12-8-9-13(2)16(10-12)23-11-14-6-4-5-7-15(14)17(20-22)18(21)19-3/h4-10,22H,11H2,1-3H3,(H,19,21). The van der Waals surface area contributed by atoms with Crippen LogP contribution in [0.3, 0.4) is 0 Å². The summed E-state index contributed by atoms with van der Waals surface area (Å²) in [6.45, 7) is 4.25. The molecule has 0 fully saturated rings. The van der Waals surface area contributed by atoms with Crippen molar-refractivity contribution in [1.29, 1.82) is 0 Å². The SMILES string of the molecule is CNC(=O)C(=NO)c1ccccc1COc1cc(C)ccc1C. The molecule has 0 radical (unpaired) electrons. The second kappa shape index (κ2) is 7.45. The summed E-state index contributed by atoms with van der Waals surface area (Å²) in [5.74, 6) is 0.342. The lowest BCUT2D eigenvalue weighted by molar-refractivity contribution is -0.114. The summed E-state index contributed by atoms with van der Waals surface area (Å²) in [6.07, 6.45) is 0. The van der Waals surface area contributed by atoms with Crippen molar-refractivity contribution in [3.63, 3.8) is 0 Å². The maximum Gasteiger partial charge on any atom is 0.273 e. The van der Waals surface area contributed by atoms with Crippen molar-refractivity contribution in [2.24, 2.45) is 5.16 Å². The highest BCUT2D eigenvalue weighted by Gasteiger charge is 2.17. The Balaban J connectivity index is 2.27. The highest BCUT2D eigenvalue weighted by Crippen LogP contribution is 2.21. The van der Waals surface area contributed by atoms with Crippen LogP contribution in [0.1, 0.15) is 22.3 Å². The number of nitrogens with zero attached hydrogens (tertiary/aromatic N) is 1. The Kier molecular flexibility index (Phi) is 5.36. The highest BCUT2D eigenvalue weighted by molar-refractivity contribution is 6.45. The lowest BCUT2D eigenvalue weighted by Crippen LogP contribution is -2.29. The van der Waals surface area contributed by atoms with E-state index in [0.717, 1.165) is 22.4 Å². The van der Waals surface area contributed by atoms with E-state index in [2.05, 4.69) is 10.5 Å². The fraction of sp³-hybridized carbons (Fsp3) is 0.222. The lowest BCUT2D eigenvalue weighted by atomic mass is 10.0. The fourth-order valence-electron chi connectivity index (χ4n) is 2.24. The zero-order chi connectivity index (χ0) is 16.8. The quantitative estimate of drug-likeness (QED) is 0.506. The molecular formula is C18H20N2O3. The second-order valence-corrected chi connectivity index (χ2v) is 5.24. The lowest BCUT2D eigenvalue weighted by Gasteiger charge is -2.13. The van der Waals surface area contributed by atoms with Gasteiger partial charge >= 0.3 is 0 Å². The minimum atomic E-state index is -0.452. The molecular weight excluding hydrogens is 292 g/mol. The van der Waals surface area contributed by atoms with E-state index in [0.29, 0.717) is 5.56 Å². The maximum atomic E-state index is 11.8. The average Bonchev–Trinajstić information content (AvgIpc) is 2.57. The summed E-state index contributed by atoms with van der Waals surface area (Å²) >= 11 is 0. The van der Waals surface area contributed by atoms with Gasteiger partial charge in [-0.3, -0.25) is 4.79 Å². The number of rotatable bonds is 5. The van der Waals surface area contributed by atoms with Crippen LogP contribution in [0, 0.1) is 13.8 Å². The molecule has 5 nitrogen and oxygen atoms in total. The van der Waals surface area contributed by atoms with Crippen molar-refractivity contribution in [2.75, 3.05) is 7.05 Å². The van der Waals surface area contributed by atoms with Crippen LogP contribution < -0.4 is 10.1 Å². The van der Waals surface area contributed by atoms with E-state index in [1.54, 1.807) is 12.1 Å². The Labute approximate surface area is 135 Å². The first kappa shape index (κ1) is 16.5. The number of hydrogen-bond donors (Lipinski definition) is 2. The Morgan fingerprint density at radius 3 is 2.65 bits per heavy atom. The molecule has 0 bridgehead atoms. The van der Waals surface area contributed by atoms with E-state index in [9.17, 15) is 4.79 Å². The van der Waals surface area contributed by atoms with Gasteiger partial charge in [-0.25, -0.2) is 0 Å². The number of ether oxygens (including phenoxy) is 1. The molecule has 0 aromatic heterocycles. The monoisotopic (exact) mass is 312 g/mol. The molecule has 0 heterocycles. The van der Waals surface area contributed by atoms with Crippen LogP contribution in [0.15, 0.2) is 47.6 Å². The van der Waals surface area contributed by atoms with Gasteiger partial charge in [0.15, 0.2) is 5.71 Å². The summed E-state index contributed by atoms with van der Waals surface area (Å²) < 4.78 is 5.88. The fourth-order valence-corrected chi connectivity index (χ4v) is 2.24. The van der Waals surface area contributed by atoms with Gasteiger partial charge < -0.3 is 15.3 Å². The van der Waals surface area contributed by atoms with Gasteiger partial charge in [0.2, 0.25) is 0 Å². The average molecular weight is 312 g/mol. The number of benzene rings is 2. The Morgan fingerprint density at radius 2 is 1.96 bits per heavy atom. The summed E-state index contributed by atoms with van der Waals surface area (Å²) in [6, 6.07) is 13.2. The van der Waals surface area contributed by atoms with E-state index in [-0.39, 0.29) is 12.3 Å². The van der Waals surface area contributed by atoms with Gasteiger partial charge in [-0.15, -0.1) is 0 Å². The Morgan fingerprint density at radius 1 is 1.22 bits per heavy atom. The molecule has 23 heavy (non-hydrogen) atoms. The molecule has 0 saturated carbocycles. The van der Waals surface area contributed by atoms with Gasteiger partial charge in [0.1, 0.15) is 12.4 Å². The number of likely N-dealkylation sites (N-methyl/N-ethyl adjacent to an activating group) is 1. The molecule has 0 spiro atoms. The molecule has 0 unspecified atom stereocenters. The first-order valence-corrected chi connectivity index (χ1v) is 7.29. The van der Waals surface area contributed by atoms with Crippen molar-refractivity contribution in [3.8, 4) is 5.75 Å². The molecule has 0 aliphatic carbocycles. The van der Waals surface area contributed by atoms with Crippen molar-refractivity contribution < 1.29 is 14.7 Å². The van der Waals surface area contributed by atoms with Crippen molar-refractivity contribution >= 4 is 11.6 Å². The smallest absolute Gasteiger partial charge is 0.273 e. The minimum absolute atomic E-state index is 0.0346. The van der Waals surface area contributed by atoms with Crippen LogP contribution in [0.2, 0.25) is 0 Å². The number of carbonyl (C=O) groups is 1. The molecule has 0 aliphatic rings. The summed E-state index contributed by atoms with van der Waals surface area (Å²) in [4.78, 5) is 11.8. The largest absolute Gasteiger partial charge is 0.489 e. The van der Waals surface area contributed by atoms with E-state index in [1.165, 1.54) is 7.05 Å². The Hall–Kier alpha value is -2.82. The third-order valence-electron chi connectivity index (χ3n) is 3.54. The van der Waals surface area contributed by atoms with Gasteiger partial charge in [-0.05, 0) is 36.6 Å². The normalized spacial score (nSPS) is 11.2. The van der Waals surface area contributed by atoms with Gasteiger partial charge in [0.05, 0.1) is 0 Å². The molecule has 5 heteroatoms. The van der Waals surface area contributed by atoms with Crippen LogP contribution in [-0.2, 0) is 11.4 Å². The van der Waals surface area contributed by atoms with E-state index in [4.69, 9.17) is 9.94 Å². The molecule has 0 saturated heterocycles. The molecule has 0 aliphatic heterocycles. The van der Waals surface area contributed by atoms with Gasteiger partial charge in [0, 0.05) is 12.6 Å². The number of oxime groups is 1. The molecule has 120 valence electrons. The predicted octanol–water partition coefficient (Wildman–Crippen LogP) is 2.81. The number of carbonyl (C=O) groups excluding carboxylic acids is 1. The highest BCUT2D eigenvalue weighted by atomic mass is 16.5. The zero-order valence-electron chi connectivity index (χ0n) is 13.5. The van der Waals surface area contributed by atoms with Crippen LogP contribution >= 0.6 is 0 Å². The van der Waals surface area contributed by atoms with Gasteiger partial charge in [-0.1, -0.05) is 41.6 Å². The molecule has 2 rings (SSSR count). The van der Waals surface area contributed by atoms with Crippen LogP contribution in [0.4, 0.5) is 0 Å². The minimum Gasteiger partial charge on any atom is -0.489 e. The third-order valence-corrected chi connectivity index (χ3v) is 3.54. The summed E-state index contributed by atoms with van der Waals surface area (Å²) in [5, 5.41) is 14.7. The number of amides is 1. The zero-order valence-corrected chi connectivity index (χ0v) is 13.5. The van der Waals surface area contributed by atoms with Gasteiger partial charge in [-0.2, -0.15) is 0 Å². The molecule has 2 N–H and O–H groups in total. The topological polar surface area (TPSA) is 70.9 Å². The first-order chi connectivity index (χ1) is 11.1. The third kappa shape index (κ3) is 3.88. The molecule has 1 amide bonds. The summed E-state index contributed by atoms with van der Waals surface area (Å²) in [5.41, 5.74) is 3.43. The van der Waals surface area contributed by atoms with Crippen molar-refractivity contribution in [2.45, 2.75) is 20.5 Å². The molecule has 2 aromatic carbocycles. The summed E-state index contributed by atoms with van der Waals surface area (Å²) in [7, 11) is 1.49. The maximum absolute atomic E-state index is 11.8. The number of nitrogens with one attached hydrogen (secondary N) is 1. The van der Waals surface area contributed by atoms with E-state index < -0.39 is 5.91 Å². The molecule has 2 aromatic rings. The van der Waals surface area contributed by atoms with Gasteiger partial charge in [0.25, 0.3) is 5.91 Å². The van der Waals surface area contributed by atoms with Crippen molar-refractivity contribution in [1.82, 2.24) is 5.32 Å². The first-order valence-electron chi connectivity index (χ1n) is 7.29. The van der Waals surface area contributed by atoms with Crippen LogP contribution in [0.25, 0.3) is 0 Å². The van der Waals surface area contributed by atoms with Crippen LogP contribution in [-0.4, -0.2) is 23.9 Å². The Bertz CT molecular complexity index is 739. The van der Waals surface area contributed by atoms with Crippen LogP contribution in [0.5, 0.6) is 5.75 Å². The van der Waals surface area contributed by atoms with E-state index >= 15 is 0 Å². The number of hydrogen-bond acceptors (Lipinski definition) is 4. The predicted molar refractivity (Wildman–Crippen MR) is 89.1 cm³/mol. The number of aryl methyl sites for hydroxylation is 2. The van der Waals surface area contributed by atoms with E-state index in [1.807, 2.05) is 44.2 Å². The second-order valence-electron chi connectivity index (χ2n) is 5.24. The molecule has 0 atom stereocenters. The van der Waals surface area contributed by atoms with Crippen molar-refractivity contribution in [3.05, 3.63) is 64.7 Å².